The summed E-state index contributed by atoms with van der Waals surface area (Å²) in [6.45, 7) is -1.10. The third kappa shape index (κ3) is 5.01. The highest BCUT2D eigenvalue weighted by atomic mass is 19.3. The first-order valence-electron chi connectivity index (χ1n) is 7.57. The maximum absolute atomic E-state index is 12.9. The number of rotatable bonds is 7. The summed E-state index contributed by atoms with van der Waals surface area (Å²) in [5.41, 5.74) is 1.16. The summed E-state index contributed by atoms with van der Waals surface area (Å²) in [6, 6.07) is 11.6. The summed E-state index contributed by atoms with van der Waals surface area (Å²) in [4.78, 5) is 12.2. The number of benzene rings is 2. The lowest BCUT2D eigenvalue weighted by Crippen LogP contribution is -2.30. The van der Waals surface area contributed by atoms with Crippen LogP contribution in [0.4, 0.5) is 13.2 Å². The second-order valence-corrected chi connectivity index (χ2v) is 5.25. The summed E-state index contributed by atoms with van der Waals surface area (Å²) in [7, 11) is 0. The molecule has 0 spiro atoms. The van der Waals surface area contributed by atoms with Crippen molar-refractivity contribution in [3.8, 4) is 5.75 Å². The fraction of sp³-hybridized carbons (Fsp3) is 0.278. The van der Waals surface area contributed by atoms with Crippen LogP contribution >= 0.6 is 0 Å². The zero-order chi connectivity index (χ0) is 17.5. The Balaban J connectivity index is 2.08. The molecule has 3 nitrogen and oxygen atoms in total. The second-order valence-electron chi connectivity index (χ2n) is 5.25. The molecule has 2 aromatic carbocycles. The van der Waals surface area contributed by atoms with Gasteiger partial charge in [-0.15, -0.1) is 0 Å². The minimum atomic E-state index is -2.93. The van der Waals surface area contributed by atoms with E-state index in [9.17, 15) is 18.0 Å². The van der Waals surface area contributed by atoms with Crippen LogP contribution in [0.3, 0.4) is 0 Å². The van der Waals surface area contributed by atoms with E-state index in [1.807, 2.05) is 6.92 Å². The number of ether oxygens (including phenoxy) is 1. The molecule has 0 fully saturated rings. The van der Waals surface area contributed by atoms with Gasteiger partial charge in [0.2, 0.25) is 5.91 Å². The summed E-state index contributed by atoms with van der Waals surface area (Å²) in [6.07, 6.45) is 0.591. The quantitative estimate of drug-likeness (QED) is 0.821. The van der Waals surface area contributed by atoms with E-state index < -0.39 is 12.7 Å². The molecule has 0 saturated carbocycles. The topological polar surface area (TPSA) is 38.3 Å². The number of amides is 1. The predicted octanol–water partition coefficient (Wildman–Crippen LogP) is 4.24. The van der Waals surface area contributed by atoms with Gasteiger partial charge in [-0.05, 0) is 30.2 Å². The van der Waals surface area contributed by atoms with Crippen molar-refractivity contribution < 1.29 is 22.7 Å². The van der Waals surface area contributed by atoms with Crippen LogP contribution in [0.25, 0.3) is 0 Å². The highest BCUT2D eigenvalue weighted by Crippen LogP contribution is 2.28. The molecule has 2 rings (SSSR count). The molecule has 0 heterocycles. The number of para-hydroxylation sites is 1. The molecule has 0 saturated heterocycles. The predicted molar refractivity (Wildman–Crippen MR) is 84.4 cm³/mol. The van der Waals surface area contributed by atoms with Crippen molar-refractivity contribution in [1.29, 1.82) is 0 Å². The first kappa shape index (κ1) is 17.8. The number of carbonyl (C=O) groups is 1. The van der Waals surface area contributed by atoms with Crippen molar-refractivity contribution in [2.24, 2.45) is 0 Å². The summed E-state index contributed by atoms with van der Waals surface area (Å²) < 4.78 is 42.4. The van der Waals surface area contributed by atoms with Gasteiger partial charge in [0, 0.05) is 5.56 Å². The van der Waals surface area contributed by atoms with E-state index in [1.165, 1.54) is 30.3 Å². The van der Waals surface area contributed by atoms with Gasteiger partial charge >= 0.3 is 6.61 Å². The monoisotopic (exact) mass is 337 g/mol. The number of nitrogens with one attached hydrogen (secondary N) is 1. The van der Waals surface area contributed by atoms with Crippen molar-refractivity contribution in [3.05, 3.63) is 65.5 Å². The molecule has 1 unspecified atom stereocenters. The van der Waals surface area contributed by atoms with Crippen molar-refractivity contribution in [1.82, 2.24) is 5.32 Å². The average Bonchev–Trinajstić information content (AvgIpc) is 2.55. The van der Waals surface area contributed by atoms with Crippen LogP contribution in [0.5, 0.6) is 5.75 Å². The van der Waals surface area contributed by atoms with Crippen LogP contribution in [-0.2, 0) is 11.2 Å². The molecule has 0 aliphatic heterocycles. The molecule has 1 atom stereocenters. The van der Waals surface area contributed by atoms with E-state index in [0.717, 1.165) is 0 Å². The molecular weight excluding hydrogens is 319 g/mol. The number of hydrogen-bond acceptors (Lipinski definition) is 2. The largest absolute Gasteiger partial charge is 0.434 e. The first-order valence-corrected chi connectivity index (χ1v) is 7.57. The van der Waals surface area contributed by atoms with Crippen LogP contribution in [0.15, 0.2) is 48.5 Å². The van der Waals surface area contributed by atoms with Gasteiger partial charge in [0.25, 0.3) is 0 Å². The Hall–Kier alpha value is -2.50. The minimum absolute atomic E-state index is 0.0430. The Bertz CT molecular complexity index is 674. The van der Waals surface area contributed by atoms with Crippen LogP contribution in [0.2, 0.25) is 0 Å². The normalized spacial score (nSPS) is 12.0. The van der Waals surface area contributed by atoms with E-state index >= 15 is 0 Å². The lowest BCUT2D eigenvalue weighted by Gasteiger charge is -2.20. The average molecular weight is 337 g/mol. The van der Waals surface area contributed by atoms with Crippen LogP contribution < -0.4 is 10.1 Å². The van der Waals surface area contributed by atoms with E-state index in [0.29, 0.717) is 17.5 Å². The highest BCUT2D eigenvalue weighted by Gasteiger charge is 2.18. The van der Waals surface area contributed by atoms with Crippen molar-refractivity contribution in [2.45, 2.75) is 32.4 Å². The second kappa shape index (κ2) is 8.38. The van der Waals surface area contributed by atoms with Crippen molar-refractivity contribution in [3.63, 3.8) is 0 Å². The van der Waals surface area contributed by atoms with E-state index in [1.54, 1.807) is 18.2 Å². The standard InChI is InChI=1S/C18H18F3NO2/c1-2-15(14-5-3-4-6-16(14)24-18(20)21)22-17(23)11-12-7-9-13(19)10-8-12/h3-10,15,18H,2,11H2,1H3,(H,22,23). The Morgan fingerprint density at radius 1 is 1.12 bits per heavy atom. The van der Waals surface area contributed by atoms with E-state index in [4.69, 9.17) is 0 Å². The molecule has 1 N–H and O–H groups in total. The van der Waals surface area contributed by atoms with Gasteiger partial charge in [-0.1, -0.05) is 37.3 Å². The third-order valence-electron chi connectivity index (χ3n) is 3.53. The van der Waals surface area contributed by atoms with Gasteiger partial charge in [0.15, 0.2) is 0 Å². The van der Waals surface area contributed by atoms with Crippen LogP contribution in [0.1, 0.15) is 30.5 Å². The summed E-state index contributed by atoms with van der Waals surface area (Å²) >= 11 is 0. The Morgan fingerprint density at radius 2 is 1.79 bits per heavy atom. The van der Waals surface area contributed by atoms with Gasteiger partial charge < -0.3 is 10.1 Å². The Kier molecular flexibility index (Phi) is 6.23. The van der Waals surface area contributed by atoms with Crippen LogP contribution in [-0.4, -0.2) is 12.5 Å². The smallest absolute Gasteiger partial charge is 0.387 e. The SMILES string of the molecule is CCC(NC(=O)Cc1ccc(F)cc1)c1ccccc1OC(F)F. The van der Waals surface area contributed by atoms with Crippen molar-refractivity contribution >= 4 is 5.91 Å². The van der Waals surface area contributed by atoms with Crippen LogP contribution in [0, 0.1) is 5.82 Å². The highest BCUT2D eigenvalue weighted by molar-refractivity contribution is 5.79. The van der Waals surface area contributed by atoms with Gasteiger partial charge in [0.1, 0.15) is 11.6 Å². The number of alkyl halides is 2. The molecule has 0 aromatic heterocycles. The molecule has 0 aliphatic carbocycles. The molecule has 1 amide bonds. The molecule has 0 aliphatic rings. The molecular formula is C18H18F3NO2. The summed E-state index contributed by atoms with van der Waals surface area (Å²) in [5.74, 6) is -0.606. The summed E-state index contributed by atoms with van der Waals surface area (Å²) in [5, 5.41) is 2.80. The molecule has 2 aromatic rings. The maximum atomic E-state index is 12.9. The third-order valence-corrected chi connectivity index (χ3v) is 3.53. The molecule has 6 heteroatoms. The Morgan fingerprint density at radius 3 is 2.42 bits per heavy atom. The number of halogens is 3. The van der Waals surface area contributed by atoms with Crippen molar-refractivity contribution in [2.75, 3.05) is 0 Å². The lowest BCUT2D eigenvalue weighted by molar-refractivity contribution is -0.121. The zero-order valence-corrected chi connectivity index (χ0v) is 13.1. The maximum Gasteiger partial charge on any atom is 0.387 e. The molecule has 0 radical (unpaired) electrons. The fourth-order valence-corrected chi connectivity index (χ4v) is 2.40. The number of hydrogen-bond donors (Lipinski definition) is 1. The molecule has 24 heavy (non-hydrogen) atoms. The zero-order valence-electron chi connectivity index (χ0n) is 13.1. The Labute approximate surface area is 138 Å². The van der Waals surface area contributed by atoms with Gasteiger partial charge in [-0.3, -0.25) is 4.79 Å². The molecule has 128 valence electrons. The number of carbonyl (C=O) groups excluding carboxylic acids is 1. The van der Waals surface area contributed by atoms with Gasteiger partial charge in [-0.2, -0.15) is 8.78 Å². The van der Waals surface area contributed by atoms with Gasteiger partial charge in [-0.25, -0.2) is 4.39 Å². The lowest BCUT2D eigenvalue weighted by atomic mass is 10.0. The first-order chi connectivity index (χ1) is 11.5. The van der Waals surface area contributed by atoms with E-state index in [-0.39, 0.29) is 23.9 Å². The minimum Gasteiger partial charge on any atom is -0.434 e. The molecule has 0 bridgehead atoms. The van der Waals surface area contributed by atoms with E-state index in [2.05, 4.69) is 10.1 Å². The van der Waals surface area contributed by atoms with Gasteiger partial charge in [0.05, 0.1) is 12.5 Å². The fourth-order valence-electron chi connectivity index (χ4n) is 2.40.